The van der Waals surface area contributed by atoms with E-state index in [4.69, 9.17) is 11.6 Å². The Kier molecular flexibility index (Phi) is 4.78. The van der Waals surface area contributed by atoms with Crippen molar-refractivity contribution >= 4 is 23.4 Å². The lowest BCUT2D eigenvalue weighted by molar-refractivity contribution is 1.12. The van der Waals surface area contributed by atoms with Gasteiger partial charge in [-0.15, -0.1) is 11.8 Å². The monoisotopic (exact) mass is 136 g/mol. The summed E-state index contributed by atoms with van der Waals surface area (Å²) in [7, 11) is 0. The maximum absolute atomic E-state index is 5.24. The van der Waals surface area contributed by atoms with E-state index in [2.05, 4.69) is 13.8 Å². The molecule has 7 heavy (non-hydrogen) atoms. The smallest absolute Gasteiger partial charge is 0.0106 e. The van der Waals surface area contributed by atoms with Crippen LogP contribution in [0.25, 0.3) is 0 Å². The van der Waals surface area contributed by atoms with E-state index in [-0.39, 0.29) is 0 Å². The topological polar surface area (TPSA) is 0 Å². The number of hydrogen-bond donors (Lipinski definition) is 0. The SMILES string of the molecule is CC(C)SC=CCl. The van der Waals surface area contributed by atoms with E-state index in [9.17, 15) is 0 Å². The summed E-state index contributed by atoms with van der Waals surface area (Å²) in [6, 6.07) is 0. The number of hydrogen-bond acceptors (Lipinski definition) is 1. The summed E-state index contributed by atoms with van der Waals surface area (Å²) >= 11 is 6.96. The van der Waals surface area contributed by atoms with Crippen LogP contribution in [-0.2, 0) is 0 Å². The molecular weight excluding hydrogens is 128 g/mol. The van der Waals surface area contributed by atoms with Crippen LogP contribution in [0.2, 0.25) is 0 Å². The quantitative estimate of drug-likeness (QED) is 0.563. The van der Waals surface area contributed by atoms with Gasteiger partial charge in [0.25, 0.3) is 0 Å². The van der Waals surface area contributed by atoms with Crippen molar-refractivity contribution in [3.8, 4) is 0 Å². The van der Waals surface area contributed by atoms with Gasteiger partial charge in [-0.25, -0.2) is 0 Å². The summed E-state index contributed by atoms with van der Waals surface area (Å²) in [6.07, 6.45) is 0. The van der Waals surface area contributed by atoms with Crippen LogP contribution in [0, 0.1) is 0 Å². The van der Waals surface area contributed by atoms with Gasteiger partial charge in [0.1, 0.15) is 0 Å². The average molecular weight is 137 g/mol. The molecule has 0 saturated carbocycles. The third-order valence-electron chi connectivity index (χ3n) is 0.402. The Morgan fingerprint density at radius 2 is 2.14 bits per heavy atom. The lowest BCUT2D eigenvalue weighted by Crippen LogP contribution is -1.79. The second-order valence-electron chi connectivity index (χ2n) is 1.45. The maximum Gasteiger partial charge on any atom is 0.0106 e. The van der Waals surface area contributed by atoms with E-state index in [1.807, 2.05) is 5.41 Å². The van der Waals surface area contributed by atoms with Gasteiger partial charge in [-0.05, 0) is 5.41 Å². The molecule has 0 N–H and O–H groups in total. The Balaban J connectivity index is 2.97. The van der Waals surface area contributed by atoms with Crippen molar-refractivity contribution in [3.05, 3.63) is 10.9 Å². The molecule has 0 unspecified atom stereocenters. The molecule has 0 spiro atoms. The summed E-state index contributed by atoms with van der Waals surface area (Å²) in [5, 5.41) is 2.53. The second-order valence-corrected chi connectivity index (χ2v) is 3.19. The predicted octanol–water partition coefficient (Wildman–Crippen LogP) is 2.84. The van der Waals surface area contributed by atoms with Gasteiger partial charge in [-0.1, -0.05) is 25.4 Å². The molecular formula is C5H9ClS. The van der Waals surface area contributed by atoms with Gasteiger partial charge >= 0.3 is 0 Å². The number of rotatable bonds is 2. The van der Waals surface area contributed by atoms with Gasteiger partial charge < -0.3 is 0 Å². The zero-order valence-corrected chi connectivity index (χ0v) is 6.09. The molecule has 0 aromatic heterocycles. The third kappa shape index (κ3) is 6.38. The van der Waals surface area contributed by atoms with Crippen LogP contribution < -0.4 is 0 Å². The van der Waals surface area contributed by atoms with Crippen molar-refractivity contribution < 1.29 is 0 Å². The summed E-state index contributed by atoms with van der Waals surface area (Å²) in [6.45, 7) is 4.25. The molecule has 0 radical (unpaired) electrons. The van der Waals surface area contributed by atoms with Crippen molar-refractivity contribution in [2.45, 2.75) is 19.1 Å². The minimum atomic E-state index is 0.648. The molecule has 0 aliphatic heterocycles. The molecule has 42 valence electrons. The van der Waals surface area contributed by atoms with Crippen LogP contribution in [0.4, 0.5) is 0 Å². The van der Waals surface area contributed by atoms with Gasteiger partial charge in [0.05, 0.1) is 0 Å². The first-order valence-corrected chi connectivity index (χ1v) is 3.56. The first kappa shape index (κ1) is 7.38. The van der Waals surface area contributed by atoms with Crippen LogP contribution in [0.15, 0.2) is 10.9 Å². The highest BCUT2D eigenvalue weighted by Gasteiger charge is 1.84. The summed E-state index contributed by atoms with van der Waals surface area (Å²) in [4.78, 5) is 0. The van der Waals surface area contributed by atoms with Crippen LogP contribution in [0.5, 0.6) is 0 Å². The first-order chi connectivity index (χ1) is 3.27. The van der Waals surface area contributed by atoms with E-state index < -0.39 is 0 Å². The van der Waals surface area contributed by atoms with Crippen molar-refractivity contribution in [1.82, 2.24) is 0 Å². The van der Waals surface area contributed by atoms with Gasteiger partial charge in [-0.2, -0.15) is 0 Å². The molecule has 0 aliphatic carbocycles. The molecule has 0 nitrogen and oxygen atoms in total. The van der Waals surface area contributed by atoms with Crippen LogP contribution in [0.1, 0.15) is 13.8 Å². The van der Waals surface area contributed by atoms with Crippen LogP contribution in [0.3, 0.4) is 0 Å². The molecule has 0 amide bonds. The normalized spacial score (nSPS) is 11.4. The minimum Gasteiger partial charge on any atom is -0.130 e. The Hall–Kier alpha value is 0.380. The van der Waals surface area contributed by atoms with Crippen molar-refractivity contribution in [3.63, 3.8) is 0 Å². The van der Waals surface area contributed by atoms with E-state index in [1.165, 1.54) is 5.54 Å². The second kappa shape index (κ2) is 4.54. The average Bonchev–Trinajstić information content (AvgIpc) is 1.61. The van der Waals surface area contributed by atoms with E-state index >= 15 is 0 Å². The molecule has 0 rings (SSSR count). The molecule has 0 heterocycles. The van der Waals surface area contributed by atoms with Gasteiger partial charge in [0, 0.05) is 10.8 Å². The Labute approximate surface area is 53.9 Å². The van der Waals surface area contributed by atoms with E-state index in [0.717, 1.165) is 0 Å². The molecule has 0 fully saturated rings. The van der Waals surface area contributed by atoms with E-state index in [0.29, 0.717) is 5.25 Å². The highest BCUT2D eigenvalue weighted by Crippen LogP contribution is 2.09. The predicted molar refractivity (Wildman–Crippen MR) is 37.7 cm³/mol. The first-order valence-electron chi connectivity index (χ1n) is 2.18. The van der Waals surface area contributed by atoms with Gasteiger partial charge in [-0.3, -0.25) is 0 Å². The van der Waals surface area contributed by atoms with Gasteiger partial charge in [0.15, 0.2) is 0 Å². The minimum absolute atomic E-state index is 0.648. The molecule has 0 bridgehead atoms. The molecule has 0 aliphatic rings. The molecule has 0 saturated heterocycles. The summed E-state index contributed by atoms with van der Waals surface area (Å²) in [5.41, 5.74) is 1.53. The largest absolute Gasteiger partial charge is 0.130 e. The zero-order valence-electron chi connectivity index (χ0n) is 4.52. The highest BCUT2D eigenvalue weighted by atomic mass is 35.5. The lowest BCUT2D eigenvalue weighted by atomic mass is 10.6. The molecule has 0 aromatic carbocycles. The fraction of sp³-hybridized carbons (Fsp3) is 0.600. The Morgan fingerprint density at radius 3 is 2.29 bits per heavy atom. The van der Waals surface area contributed by atoms with Crippen LogP contribution in [-0.4, -0.2) is 5.25 Å². The van der Waals surface area contributed by atoms with Crippen molar-refractivity contribution in [2.75, 3.05) is 0 Å². The number of halogens is 1. The lowest BCUT2D eigenvalue weighted by Gasteiger charge is -1.93. The maximum atomic E-state index is 5.24. The zero-order chi connectivity index (χ0) is 5.70. The summed E-state index contributed by atoms with van der Waals surface area (Å²) < 4.78 is 0. The number of thioether (sulfide) groups is 1. The molecule has 0 atom stereocenters. The Bertz CT molecular complexity index is 59.1. The van der Waals surface area contributed by atoms with E-state index in [1.54, 1.807) is 11.8 Å². The highest BCUT2D eigenvalue weighted by molar-refractivity contribution is 8.02. The fourth-order valence-corrected chi connectivity index (χ4v) is 0.739. The standard InChI is InChI=1S/C5H9ClS/c1-5(2)7-4-3-6/h3-5H,1-2H3. The molecule has 2 heteroatoms. The fourth-order valence-electron chi connectivity index (χ4n) is 0.187. The summed E-state index contributed by atoms with van der Waals surface area (Å²) in [5.74, 6) is 0. The van der Waals surface area contributed by atoms with Crippen molar-refractivity contribution in [2.24, 2.45) is 0 Å². The third-order valence-corrected chi connectivity index (χ3v) is 1.52. The van der Waals surface area contributed by atoms with Crippen molar-refractivity contribution in [1.29, 1.82) is 0 Å². The Morgan fingerprint density at radius 1 is 1.57 bits per heavy atom. The molecule has 0 aromatic rings. The van der Waals surface area contributed by atoms with Gasteiger partial charge in [0.2, 0.25) is 0 Å². The van der Waals surface area contributed by atoms with Crippen LogP contribution >= 0.6 is 23.4 Å².